The quantitative estimate of drug-likeness (QED) is 0.868. The summed E-state index contributed by atoms with van der Waals surface area (Å²) in [5, 5.41) is 10.8. The summed E-state index contributed by atoms with van der Waals surface area (Å²) in [5.74, 6) is 0.388. The summed E-state index contributed by atoms with van der Waals surface area (Å²) >= 11 is 0. The molecule has 1 atom stereocenters. The monoisotopic (exact) mass is 288 g/mol. The number of hydrogen-bond acceptors (Lipinski definition) is 2. The summed E-state index contributed by atoms with van der Waals surface area (Å²) in [6.45, 7) is 4.37. The van der Waals surface area contributed by atoms with Crippen molar-refractivity contribution in [1.82, 2.24) is 0 Å². The highest BCUT2D eigenvalue weighted by molar-refractivity contribution is 5.39. The Bertz CT molecular complexity index is 593. The van der Waals surface area contributed by atoms with Crippen LogP contribution in [0.5, 0.6) is 5.75 Å². The van der Waals surface area contributed by atoms with Gasteiger partial charge in [-0.05, 0) is 37.1 Å². The normalized spacial score (nSPS) is 13.7. The topological polar surface area (TPSA) is 29.5 Å². The van der Waals surface area contributed by atoms with Gasteiger partial charge in [0.15, 0.2) is 0 Å². The Morgan fingerprint density at radius 1 is 1.14 bits per heavy atom. The maximum Gasteiger partial charge on any atom is 0.125 e. The summed E-state index contributed by atoms with van der Waals surface area (Å²) in [6, 6.07) is 13.8. The first-order valence-electron chi connectivity index (χ1n) is 7.22. The number of benzene rings is 2. The first-order valence-corrected chi connectivity index (χ1v) is 7.22. The van der Waals surface area contributed by atoms with Crippen molar-refractivity contribution < 1.29 is 14.2 Å². The molecule has 112 valence electrons. The summed E-state index contributed by atoms with van der Waals surface area (Å²) in [5.41, 5.74) is 0.367. The van der Waals surface area contributed by atoms with Crippen molar-refractivity contribution in [3.8, 4) is 5.75 Å². The molecule has 2 aromatic rings. The van der Waals surface area contributed by atoms with Gasteiger partial charge in [-0.25, -0.2) is 4.39 Å². The van der Waals surface area contributed by atoms with Gasteiger partial charge in [0, 0.05) is 12.0 Å². The van der Waals surface area contributed by atoms with Crippen LogP contribution in [0.2, 0.25) is 0 Å². The second-order valence-corrected chi connectivity index (χ2v) is 5.43. The molecule has 2 nitrogen and oxygen atoms in total. The minimum absolute atomic E-state index is 0.293. The van der Waals surface area contributed by atoms with Crippen molar-refractivity contribution >= 4 is 0 Å². The molecule has 0 aliphatic heterocycles. The highest BCUT2D eigenvalue weighted by atomic mass is 19.1. The van der Waals surface area contributed by atoms with E-state index in [1.165, 1.54) is 12.1 Å². The lowest BCUT2D eigenvalue weighted by molar-refractivity contribution is 0.0541. The van der Waals surface area contributed by atoms with Crippen molar-refractivity contribution in [2.24, 2.45) is 0 Å². The molecule has 1 N–H and O–H groups in total. The SMILES string of the molecule is CCCOc1ccccc1C(C)(O)Cc1cccc(F)c1. The van der Waals surface area contributed by atoms with E-state index in [0.29, 0.717) is 18.8 Å². The van der Waals surface area contributed by atoms with Crippen LogP contribution in [0.25, 0.3) is 0 Å². The van der Waals surface area contributed by atoms with E-state index in [4.69, 9.17) is 4.74 Å². The number of para-hydroxylation sites is 1. The van der Waals surface area contributed by atoms with Gasteiger partial charge in [-0.15, -0.1) is 0 Å². The molecule has 0 saturated heterocycles. The van der Waals surface area contributed by atoms with Crippen LogP contribution in [-0.4, -0.2) is 11.7 Å². The van der Waals surface area contributed by atoms with E-state index in [1.807, 2.05) is 37.3 Å². The summed E-state index contributed by atoms with van der Waals surface area (Å²) in [4.78, 5) is 0. The van der Waals surface area contributed by atoms with Crippen molar-refractivity contribution in [2.45, 2.75) is 32.3 Å². The summed E-state index contributed by atoms with van der Waals surface area (Å²) in [6.07, 6.45) is 1.23. The number of halogens is 1. The molecule has 0 saturated carbocycles. The minimum Gasteiger partial charge on any atom is -0.493 e. The maximum absolute atomic E-state index is 13.3. The van der Waals surface area contributed by atoms with E-state index in [1.54, 1.807) is 13.0 Å². The first-order chi connectivity index (χ1) is 10.0. The Hall–Kier alpha value is -1.87. The molecule has 0 radical (unpaired) electrons. The van der Waals surface area contributed by atoms with E-state index < -0.39 is 5.60 Å². The second-order valence-electron chi connectivity index (χ2n) is 5.43. The number of ether oxygens (including phenoxy) is 1. The Labute approximate surface area is 125 Å². The highest BCUT2D eigenvalue weighted by Crippen LogP contribution is 2.32. The lowest BCUT2D eigenvalue weighted by Gasteiger charge is -2.26. The molecule has 0 heterocycles. The molecule has 0 aliphatic carbocycles. The number of hydrogen-bond donors (Lipinski definition) is 1. The zero-order valence-electron chi connectivity index (χ0n) is 12.5. The van der Waals surface area contributed by atoms with Crippen LogP contribution in [0.4, 0.5) is 4.39 Å². The van der Waals surface area contributed by atoms with Crippen LogP contribution < -0.4 is 4.74 Å². The Morgan fingerprint density at radius 3 is 2.62 bits per heavy atom. The van der Waals surface area contributed by atoms with Crippen molar-refractivity contribution in [2.75, 3.05) is 6.61 Å². The molecule has 0 aliphatic rings. The van der Waals surface area contributed by atoms with Crippen molar-refractivity contribution in [3.05, 3.63) is 65.5 Å². The maximum atomic E-state index is 13.3. The molecule has 0 bridgehead atoms. The fraction of sp³-hybridized carbons (Fsp3) is 0.333. The largest absolute Gasteiger partial charge is 0.493 e. The lowest BCUT2D eigenvalue weighted by atomic mass is 9.88. The lowest BCUT2D eigenvalue weighted by Crippen LogP contribution is -2.25. The average molecular weight is 288 g/mol. The van der Waals surface area contributed by atoms with Crippen molar-refractivity contribution in [3.63, 3.8) is 0 Å². The Balaban J connectivity index is 2.26. The second kappa shape index (κ2) is 6.72. The molecule has 0 aromatic heterocycles. The van der Waals surface area contributed by atoms with Crippen LogP contribution in [0.1, 0.15) is 31.4 Å². The highest BCUT2D eigenvalue weighted by Gasteiger charge is 2.27. The van der Waals surface area contributed by atoms with E-state index in [2.05, 4.69) is 0 Å². The molecular formula is C18H21FO2. The van der Waals surface area contributed by atoms with Gasteiger partial charge in [0.1, 0.15) is 11.6 Å². The third-order valence-electron chi connectivity index (χ3n) is 3.37. The molecule has 0 spiro atoms. The molecule has 0 amide bonds. The fourth-order valence-electron chi connectivity index (χ4n) is 2.39. The third-order valence-corrected chi connectivity index (χ3v) is 3.37. The van der Waals surface area contributed by atoms with Crippen LogP contribution >= 0.6 is 0 Å². The fourth-order valence-corrected chi connectivity index (χ4v) is 2.39. The Kier molecular flexibility index (Phi) is 4.97. The Morgan fingerprint density at radius 2 is 1.90 bits per heavy atom. The zero-order valence-corrected chi connectivity index (χ0v) is 12.5. The van der Waals surface area contributed by atoms with E-state index in [9.17, 15) is 9.50 Å². The smallest absolute Gasteiger partial charge is 0.125 e. The van der Waals surface area contributed by atoms with Crippen molar-refractivity contribution in [1.29, 1.82) is 0 Å². The molecule has 0 fully saturated rings. The molecule has 2 rings (SSSR count). The van der Waals surface area contributed by atoms with Gasteiger partial charge in [0.2, 0.25) is 0 Å². The van der Waals surface area contributed by atoms with Gasteiger partial charge < -0.3 is 9.84 Å². The number of aliphatic hydroxyl groups is 1. The number of rotatable bonds is 6. The molecule has 2 aromatic carbocycles. The molecule has 3 heteroatoms. The van der Waals surface area contributed by atoms with Crippen LogP contribution in [0.15, 0.2) is 48.5 Å². The predicted molar refractivity (Wildman–Crippen MR) is 81.9 cm³/mol. The molecule has 1 unspecified atom stereocenters. The van der Waals surface area contributed by atoms with Gasteiger partial charge in [-0.1, -0.05) is 37.3 Å². The molecular weight excluding hydrogens is 267 g/mol. The van der Waals surface area contributed by atoms with Gasteiger partial charge in [-0.2, -0.15) is 0 Å². The van der Waals surface area contributed by atoms with E-state index in [0.717, 1.165) is 17.5 Å². The van der Waals surface area contributed by atoms with Gasteiger partial charge in [0.05, 0.1) is 12.2 Å². The van der Waals surface area contributed by atoms with E-state index >= 15 is 0 Å². The van der Waals surface area contributed by atoms with Gasteiger partial charge in [-0.3, -0.25) is 0 Å². The van der Waals surface area contributed by atoms with E-state index in [-0.39, 0.29) is 5.82 Å². The summed E-state index contributed by atoms with van der Waals surface area (Å²) < 4.78 is 19.0. The van der Waals surface area contributed by atoms with Gasteiger partial charge >= 0.3 is 0 Å². The standard InChI is InChI=1S/C18H21FO2/c1-3-11-21-17-10-5-4-9-16(17)18(2,20)13-14-7-6-8-15(19)12-14/h4-10,12,20H,3,11,13H2,1-2H3. The minimum atomic E-state index is -1.11. The zero-order chi connectivity index (χ0) is 15.3. The average Bonchev–Trinajstić information content (AvgIpc) is 2.45. The third kappa shape index (κ3) is 4.05. The van der Waals surface area contributed by atoms with Crippen LogP contribution in [0.3, 0.4) is 0 Å². The van der Waals surface area contributed by atoms with Crippen LogP contribution in [0, 0.1) is 5.82 Å². The predicted octanol–water partition coefficient (Wildman–Crippen LogP) is 4.06. The van der Waals surface area contributed by atoms with Crippen LogP contribution in [-0.2, 0) is 12.0 Å². The summed E-state index contributed by atoms with van der Waals surface area (Å²) in [7, 11) is 0. The molecule has 21 heavy (non-hydrogen) atoms. The first kappa shape index (κ1) is 15.5. The van der Waals surface area contributed by atoms with Gasteiger partial charge in [0.25, 0.3) is 0 Å².